The second kappa shape index (κ2) is 6.85. The van der Waals surface area contributed by atoms with Crippen molar-refractivity contribution in [2.45, 2.75) is 38.8 Å². The van der Waals surface area contributed by atoms with E-state index in [1.165, 1.54) is 0 Å². The first kappa shape index (κ1) is 18.1. The molecule has 0 radical (unpaired) electrons. The van der Waals surface area contributed by atoms with Gasteiger partial charge >= 0.3 is 0 Å². The Bertz CT molecular complexity index is 1160. The van der Waals surface area contributed by atoms with Crippen LogP contribution in [0.25, 0.3) is 11.0 Å². The number of nitrogens with zero attached hydrogens (tertiary/aromatic N) is 1. The van der Waals surface area contributed by atoms with E-state index in [9.17, 15) is 9.59 Å². The second-order valence-electron chi connectivity index (χ2n) is 8.08. The van der Waals surface area contributed by atoms with Gasteiger partial charge in [-0.15, -0.1) is 0 Å². The second-order valence-corrected chi connectivity index (χ2v) is 8.08. The Morgan fingerprint density at radius 1 is 1.03 bits per heavy atom. The lowest BCUT2D eigenvalue weighted by Crippen LogP contribution is -2.36. The molecule has 3 aromatic rings. The van der Waals surface area contributed by atoms with Crippen LogP contribution in [0.5, 0.6) is 0 Å². The molecule has 0 spiro atoms. The summed E-state index contributed by atoms with van der Waals surface area (Å²) in [5, 5.41) is 0.521. The molecule has 2 atom stereocenters. The van der Waals surface area contributed by atoms with Gasteiger partial charge in [0.2, 0.25) is 5.76 Å². The van der Waals surface area contributed by atoms with Gasteiger partial charge < -0.3 is 14.1 Å². The number of amides is 1. The van der Waals surface area contributed by atoms with Crippen molar-refractivity contribution in [1.82, 2.24) is 4.90 Å². The molecular formula is C24H23NO4. The van der Waals surface area contributed by atoms with Gasteiger partial charge in [0.25, 0.3) is 5.91 Å². The molecule has 0 N–H and O–H groups in total. The standard InChI is InChI=1S/C24H23NO4/c1-14-5-8-16(9-6-14)21-20-22(26)18-12-15(2)7-10-19(18)29-23(20)24(27)25(21)13-17-4-3-11-28-17/h5-10,12,17,21H,3-4,11,13H2,1-2H3/t17-,21+/m1/s1. The molecule has 0 bridgehead atoms. The van der Waals surface area contributed by atoms with Crippen LogP contribution in [0.15, 0.2) is 51.7 Å². The topological polar surface area (TPSA) is 59.8 Å². The van der Waals surface area contributed by atoms with Crippen LogP contribution >= 0.6 is 0 Å². The van der Waals surface area contributed by atoms with Crippen LogP contribution in [-0.2, 0) is 4.74 Å². The van der Waals surface area contributed by atoms with Crippen LogP contribution in [0.4, 0.5) is 0 Å². The van der Waals surface area contributed by atoms with E-state index in [1.54, 1.807) is 11.0 Å². The third-order valence-corrected chi connectivity index (χ3v) is 5.94. The molecule has 1 aromatic heterocycles. The molecule has 0 saturated carbocycles. The van der Waals surface area contributed by atoms with Gasteiger partial charge in [0.15, 0.2) is 5.43 Å². The van der Waals surface area contributed by atoms with E-state index >= 15 is 0 Å². The molecule has 2 aromatic carbocycles. The number of fused-ring (bicyclic) bond motifs is 2. The van der Waals surface area contributed by atoms with Gasteiger partial charge in [-0.1, -0.05) is 41.5 Å². The predicted molar refractivity (Wildman–Crippen MR) is 110 cm³/mol. The fourth-order valence-electron chi connectivity index (χ4n) is 4.43. The van der Waals surface area contributed by atoms with E-state index < -0.39 is 6.04 Å². The minimum absolute atomic E-state index is 0.00651. The zero-order chi connectivity index (χ0) is 20.1. The number of benzene rings is 2. The van der Waals surface area contributed by atoms with Crippen molar-refractivity contribution in [2.24, 2.45) is 0 Å². The summed E-state index contributed by atoms with van der Waals surface area (Å²) in [4.78, 5) is 28.6. The summed E-state index contributed by atoms with van der Waals surface area (Å²) in [6, 6.07) is 13.0. The van der Waals surface area contributed by atoms with Gasteiger partial charge in [0, 0.05) is 13.2 Å². The summed E-state index contributed by atoms with van der Waals surface area (Å²) in [5.41, 5.74) is 3.80. The first-order chi connectivity index (χ1) is 14.0. The normalized spacial score (nSPS) is 21.2. The molecule has 1 fully saturated rings. The Labute approximate surface area is 168 Å². The van der Waals surface area contributed by atoms with Crippen molar-refractivity contribution in [3.63, 3.8) is 0 Å². The molecule has 5 nitrogen and oxygen atoms in total. The molecule has 5 rings (SSSR count). The highest BCUT2D eigenvalue weighted by atomic mass is 16.5. The molecular weight excluding hydrogens is 366 g/mol. The van der Waals surface area contributed by atoms with Gasteiger partial charge in [-0.2, -0.15) is 0 Å². The quantitative estimate of drug-likeness (QED) is 0.676. The third-order valence-electron chi connectivity index (χ3n) is 5.94. The van der Waals surface area contributed by atoms with Gasteiger partial charge in [-0.3, -0.25) is 9.59 Å². The maximum absolute atomic E-state index is 13.5. The number of ether oxygens (including phenoxy) is 1. The zero-order valence-corrected chi connectivity index (χ0v) is 16.6. The average Bonchev–Trinajstić information content (AvgIpc) is 3.32. The molecule has 3 heterocycles. The van der Waals surface area contributed by atoms with Crippen LogP contribution in [0, 0.1) is 13.8 Å². The van der Waals surface area contributed by atoms with E-state index in [0.717, 1.165) is 36.1 Å². The fraction of sp³-hybridized carbons (Fsp3) is 0.333. The fourth-order valence-corrected chi connectivity index (χ4v) is 4.43. The maximum atomic E-state index is 13.5. The smallest absolute Gasteiger partial charge is 0.291 e. The lowest BCUT2D eigenvalue weighted by atomic mass is 9.97. The molecule has 5 heteroatoms. The molecule has 148 valence electrons. The Balaban J connectivity index is 1.71. The molecule has 0 unspecified atom stereocenters. The third kappa shape index (κ3) is 2.97. The van der Waals surface area contributed by atoms with E-state index in [0.29, 0.717) is 23.1 Å². The minimum Gasteiger partial charge on any atom is -0.450 e. The zero-order valence-electron chi connectivity index (χ0n) is 16.6. The Morgan fingerprint density at radius 2 is 1.79 bits per heavy atom. The lowest BCUT2D eigenvalue weighted by Gasteiger charge is -2.27. The minimum atomic E-state index is -0.455. The van der Waals surface area contributed by atoms with E-state index in [-0.39, 0.29) is 23.2 Å². The molecule has 0 aliphatic carbocycles. The highest BCUT2D eigenvalue weighted by Gasteiger charge is 2.43. The molecule has 1 saturated heterocycles. The van der Waals surface area contributed by atoms with Gasteiger partial charge in [-0.05, 0) is 44.4 Å². The molecule has 1 amide bonds. The van der Waals surface area contributed by atoms with Crippen molar-refractivity contribution >= 4 is 16.9 Å². The average molecular weight is 389 g/mol. The Hall–Kier alpha value is -2.92. The van der Waals surface area contributed by atoms with Crippen molar-refractivity contribution < 1.29 is 13.9 Å². The van der Waals surface area contributed by atoms with Crippen LogP contribution in [-0.4, -0.2) is 30.1 Å². The molecule has 2 aliphatic rings. The van der Waals surface area contributed by atoms with Crippen LogP contribution in [0.3, 0.4) is 0 Å². The largest absolute Gasteiger partial charge is 0.450 e. The number of rotatable bonds is 3. The molecule has 2 aliphatic heterocycles. The highest BCUT2D eigenvalue weighted by molar-refractivity contribution is 5.99. The lowest BCUT2D eigenvalue weighted by molar-refractivity contribution is 0.0486. The van der Waals surface area contributed by atoms with Crippen molar-refractivity contribution in [2.75, 3.05) is 13.2 Å². The summed E-state index contributed by atoms with van der Waals surface area (Å²) in [7, 11) is 0. The number of hydrogen-bond acceptors (Lipinski definition) is 4. The SMILES string of the molecule is Cc1ccc([C@H]2c3c(oc4ccc(C)cc4c3=O)C(=O)N2C[C@H]2CCCO2)cc1. The summed E-state index contributed by atoms with van der Waals surface area (Å²) < 4.78 is 11.8. The van der Waals surface area contributed by atoms with Gasteiger partial charge in [0.1, 0.15) is 5.58 Å². The van der Waals surface area contributed by atoms with Crippen molar-refractivity contribution in [3.8, 4) is 0 Å². The Morgan fingerprint density at radius 3 is 2.52 bits per heavy atom. The maximum Gasteiger partial charge on any atom is 0.291 e. The van der Waals surface area contributed by atoms with Crippen LogP contribution < -0.4 is 5.43 Å². The van der Waals surface area contributed by atoms with Crippen LogP contribution in [0.2, 0.25) is 0 Å². The monoisotopic (exact) mass is 389 g/mol. The first-order valence-electron chi connectivity index (χ1n) is 10.1. The van der Waals surface area contributed by atoms with Crippen LogP contribution in [0.1, 0.15) is 51.7 Å². The number of carbonyl (C=O) groups is 1. The summed E-state index contributed by atoms with van der Waals surface area (Å²) in [6.07, 6.45) is 1.91. The summed E-state index contributed by atoms with van der Waals surface area (Å²) in [5.74, 6) is -0.0735. The highest BCUT2D eigenvalue weighted by Crippen LogP contribution is 2.39. The Kier molecular flexibility index (Phi) is 4.28. The van der Waals surface area contributed by atoms with E-state index in [1.807, 2.05) is 50.2 Å². The number of aryl methyl sites for hydroxylation is 2. The summed E-state index contributed by atoms with van der Waals surface area (Å²) in [6.45, 7) is 5.14. The van der Waals surface area contributed by atoms with Gasteiger partial charge in [-0.25, -0.2) is 0 Å². The van der Waals surface area contributed by atoms with Gasteiger partial charge in [0.05, 0.1) is 23.1 Å². The first-order valence-corrected chi connectivity index (χ1v) is 10.1. The number of hydrogen-bond donors (Lipinski definition) is 0. The predicted octanol–water partition coefficient (Wildman–Crippen LogP) is 4.13. The van der Waals surface area contributed by atoms with E-state index in [2.05, 4.69) is 0 Å². The number of carbonyl (C=O) groups excluding carboxylic acids is 1. The van der Waals surface area contributed by atoms with E-state index in [4.69, 9.17) is 9.15 Å². The summed E-state index contributed by atoms with van der Waals surface area (Å²) >= 11 is 0. The molecule has 29 heavy (non-hydrogen) atoms. The van der Waals surface area contributed by atoms with Crippen molar-refractivity contribution in [3.05, 3.63) is 80.7 Å². The van der Waals surface area contributed by atoms with Crippen molar-refractivity contribution in [1.29, 1.82) is 0 Å².